The summed E-state index contributed by atoms with van der Waals surface area (Å²) in [6.07, 6.45) is 4.24. The summed E-state index contributed by atoms with van der Waals surface area (Å²) < 4.78 is 2.09. The standard InChI is InChI=1S/C12H23N5/c1-4-17-9-14-15-12(17)8-13-11-5-6-16(3)10(2)7-11/h9-11,13H,4-8H2,1-3H3. The highest BCUT2D eigenvalue weighted by molar-refractivity contribution is 4.88. The molecule has 0 bridgehead atoms. The number of aryl methyl sites for hydroxylation is 1. The van der Waals surface area contributed by atoms with Crippen molar-refractivity contribution in [2.75, 3.05) is 13.6 Å². The zero-order chi connectivity index (χ0) is 12.3. The van der Waals surface area contributed by atoms with Crippen molar-refractivity contribution in [3.05, 3.63) is 12.2 Å². The van der Waals surface area contributed by atoms with Gasteiger partial charge in [-0.2, -0.15) is 0 Å². The molecule has 0 amide bonds. The van der Waals surface area contributed by atoms with Crippen LogP contribution in [0.4, 0.5) is 0 Å². The third-order valence-electron chi connectivity index (χ3n) is 3.79. The van der Waals surface area contributed by atoms with Crippen LogP contribution in [0.5, 0.6) is 0 Å². The molecule has 0 spiro atoms. The Hall–Kier alpha value is -0.940. The second-order valence-electron chi connectivity index (χ2n) is 4.97. The molecule has 0 radical (unpaired) electrons. The van der Waals surface area contributed by atoms with Gasteiger partial charge in [0.1, 0.15) is 12.2 Å². The maximum atomic E-state index is 4.15. The zero-order valence-corrected chi connectivity index (χ0v) is 11.1. The number of piperidine rings is 1. The SMILES string of the molecule is CCn1cnnc1CNC1CCN(C)C(C)C1. The second-order valence-corrected chi connectivity index (χ2v) is 4.97. The fourth-order valence-electron chi connectivity index (χ4n) is 2.39. The largest absolute Gasteiger partial charge is 0.317 e. The minimum atomic E-state index is 0.614. The molecule has 1 aliphatic heterocycles. The maximum Gasteiger partial charge on any atom is 0.146 e. The summed E-state index contributed by atoms with van der Waals surface area (Å²) in [7, 11) is 2.20. The van der Waals surface area contributed by atoms with Crippen molar-refractivity contribution in [3.8, 4) is 0 Å². The third kappa shape index (κ3) is 3.04. The molecule has 5 heteroatoms. The lowest BCUT2D eigenvalue weighted by molar-refractivity contribution is 0.167. The summed E-state index contributed by atoms with van der Waals surface area (Å²) in [4.78, 5) is 2.42. The van der Waals surface area contributed by atoms with Crippen LogP contribution in [-0.4, -0.2) is 45.3 Å². The summed E-state index contributed by atoms with van der Waals surface area (Å²) in [6, 6.07) is 1.29. The Kier molecular flexibility index (Phi) is 4.12. The van der Waals surface area contributed by atoms with Gasteiger partial charge in [-0.15, -0.1) is 10.2 Å². The maximum absolute atomic E-state index is 4.15. The molecular weight excluding hydrogens is 214 g/mol. The van der Waals surface area contributed by atoms with Crippen molar-refractivity contribution < 1.29 is 0 Å². The van der Waals surface area contributed by atoms with Gasteiger partial charge in [-0.25, -0.2) is 0 Å². The number of likely N-dealkylation sites (tertiary alicyclic amines) is 1. The molecule has 1 saturated heterocycles. The molecule has 1 aromatic rings. The highest BCUT2D eigenvalue weighted by Gasteiger charge is 2.22. The van der Waals surface area contributed by atoms with E-state index in [1.807, 2.05) is 0 Å². The highest BCUT2D eigenvalue weighted by Crippen LogP contribution is 2.15. The van der Waals surface area contributed by atoms with E-state index in [0.29, 0.717) is 12.1 Å². The Labute approximate surface area is 103 Å². The highest BCUT2D eigenvalue weighted by atomic mass is 15.3. The molecule has 2 heterocycles. The van der Waals surface area contributed by atoms with Crippen molar-refractivity contribution in [1.29, 1.82) is 0 Å². The van der Waals surface area contributed by atoms with Gasteiger partial charge in [0.2, 0.25) is 0 Å². The monoisotopic (exact) mass is 237 g/mol. The number of rotatable bonds is 4. The first-order chi connectivity index (χ1) is 8.20. The predicted octanol–water partition coefficient (Wildman–Crippen LogP) is 0.870. The van der Waals surface area contributed by atoms with Crippen LogP contribution in [0.1, 0.15) is 32.5 Å². The molecule has 96 valence electrons. The van der Waals surface area contributed by atoms with E-state index in [9.17, 15) is 0 Å². The Morgan fingerprint density at radius 3 is 3.06 bits per heavy atom. The predicted molar refractivity (Wildman–Crippen MR) is 67.6 cm³/mol. The lowest BCUT2D eigenvalue weighted by Crippen LogP contribution is -2.45. The number of nitrogens with zero attached hydrogens (tertiary/aromatic N) is 4. The van der Waals surface area contributed by atoms with Crippen LogP contribution in [-0.2, 0) is 13.1 Å². The molecule has 1 aliphatic rings. The van der Waals surface area contributed by atoms with E-state index in [4.69, 9.17) is 0 Å². The van der Waals surface area contributed by atoms with E-state index in [-0.39, 0.29) is 0 Å². The van der Waals surface area contributed by atoms with Crippen molar-refractivity contribution in [2.24, 2.45) is 0 Å². The van der Waals surface area contributed by atoms with Crippen LogP contribution in [0.3, 0.4) is 0 Å². The van der Waals surface area contributed by atoms with Crippen LogP contribution in [0.2, 0.25) is 0 Å². The van der Waals surface area contributed by atoms with E-state index in [1.165, 1.54) is 19.4 Å². The van der Waals surface area contributed by atoms with Crippen molar-refractivity contribution in [1.82, 2.24) is 25.0 Å². The molecule has 1 fully saturated rings. The van der Waals surface area contributed by atoms with Gasteiger partial charge < -0.3 is 14.8 Å². The summed E-state index contributed by atoms with van der Waals surface area (Å²) in [6.45, 7) is 7.36. The van der Waals surface area contributed by atoms with E-state index in [0.717, 1.165) is 18.9 Å². The fraction of sp³-hybridized carbons (Fsp3) is 0.833. The number of hydrogen-bond acceptors (Lipinski definition) is 4. The Bertz CT molecular complexity index is 348. The van der Waals surface area contributed by atoms with Crippen LogP contribution < -0.4 is 5.32 Å². The van der Waals surface area contributed by atoms with Crippen molar-refractivity contribution in [3.63, 3.8) is 0 Å². The Morgan fingerprint density at radius 2 is 2.35 bits per heavy atom. The number of aromatic nitrogens is 3. The molecule has 1 N–H and O–H groups in total. The quantitative estimate of drug-likeness (QED) is 0.844. The van der Waals surface area contributed by atoms with E-state index in [2.05, 4.69) is 45.9 Å². The molecule has 2 rings (SSSR count). The normalized spacial score (nSPS) is 26.3. The molecular formula is C12H23N5. The van der Waals surface area contributed by atoms with E-state index in [1.54, 1.807) is 6.33 Å². The smallest absolute Gasteiger partial charge is 0.146 e. The van der Waals surface area contributed by atoms with Crippen molar-refractivity contribution >= 4 is 0 Å². The number of nitrogens with one attached hydrogen (secondary N) is 1. The average molecular weight is 237 g/mol. The Morgan fingerprint density at radius 1 is 1.53 bits per heavy atom. The van der Waals surface area contributed by atoms with Gasteiger partial charge in [-0.1, -0.05) is 0 Å². The second kappa shape index (κ2) is 5.60. The van der Waals surface area contributed by atoms with E-state index >= 15 is 0 Å². The summed E-state index contributed by atoms with van der Waals surface area (Å²) in [5.41, 5.74) is 0. The first-order valence-electron chi connectivity index (χ1n) is 6.51. The van der Waals surface area contributed by atoms with Gasteiger partial charge >= 0.3 is 0 Å². The third-order valence-corrected chi connectivity index (χ3v) is 3.79. The molecule has 5 nitrogen and oxygen atoms in total. The zero-order valence-electron chi connectivity index (χ0n) is 11.1. The summed E-state index contributed by atoms with van der Waals surface area (Å²) in [5.74, 6) is 1.04. The van der Waals surface area contributed by atoms with Gasteiger partial charge in [0, 0.05) is 18.6 Å². The van der Waals surface area contributed by atoms with Crippen molar-refractivity contribution in [2.45, 2.75) is 51.9 Å². The van der Waals surface area contributed by atoms with Crippen LogP contribution in [0.15, 0.2) is 6.33 Å². The average Bonchev–Trinajstić information content (AvgIpc) is 2.78. The van der Waals surface area contributed by atoms with Crippen LogP contribution >= 0.6 is 0 Å². The molecule has 17 heavy (non-hydrogen) atoms. The first kappa shape index (κ1) is 12.5. The topological polar surface area (TPSA) is 46.0 Å². The van der Waals surface area contributed by atoms with Gasteiger partial charge in [-0.3, -0.25) is 0 Å². The summed E-state index contributed by atoms with van der Waals surface area (Å²) >= 11 is 0. The lowest BCUT2D eigenvalue weighted by Gasteiger charge is -2.35. The molecule has 1 aromatic heterocycles. The van der Waals surface area contributed by atoms with Gasteiger partial charge in [0.05, 0.1) is 6.54 Å². The lowest BCUT2D eigenvalue weighted by atomic mass is 9.99. The molecule has 2 atom stereocenters. The molecule has 0 saturated carbocycles. The molecule has 0 aromatic carbocycles. The Balaban J connectivity index is 1.82. The minimum Gasteiger partial charge on any atom is -0.317 e. The van der Waals surface area contributed by atoms with Crippen LogP contribution in [0, 0.1) is 0 Å². The molecule has 0 aliphatic carbocycles. The van der Waals surface area contributed by atoms with E-state index < -0.39 is 0 Å². The summed E-state index contributed by atoms with van der Waals surface area (Å²) in [5, 5.41) is 11.7. The first-order valence-corrected chi connectivity index (χ1v) is 6.51. The van der Waals surface area contributed by atoms with Gasteiger partial charge in [0.25, 0.3) is 0 Å². The van der Waals surface area contributed by atoms with Gasteiger partial charge in [-0.05, 0) is 40.3 Å². The number of hydrogen-bond donors (Lipinski definition) is 1. The van der Waals surface area contributed by atoms with Crippen LogP contribution in [0.25, 0.3) is 0 Å². The van der Waals surface area contributed by atoms with Gasteiger partial charge in [0.15, 0.2) is 0 Å². The fourth-order valence-corrected chi connectivity index (χ4v) is 2.39. The minimum absolute atomic E-state index is 0.614. The molecule has 2 unspecified atom stereocenters.